The van der Waals surface area contributed by atoms with Gasteiger partial charge in [-0.05, 0) is 66.1 Å². The molecule has 11 heteroatoms. The van der Waals surface area contributed by atoms with E-state index in [4.69, 9.17) is 19.2 Å². The number of fused-ring (bicyclic) bond motifs is 1. The van der Waals surface area contributed by atoms with Crippen molar-refractivity contribution in [3.05, 3.63) is 161 Å². The lowest BCUT2D eigenvalue weighted by atomic mass is 9.93. The van der Waals surface area contributed by atoms with Crippen molar-refractivity contribution >= 4 is 34.8 Å². The van der Waals surface area contributed by atoms with Crippen LogP contribution in [-0.4, -0.2) is 29.2 Å². The van der Waals surface area contributed by atoms with E-state index in [1.165, 1.54) is 23.5 Å². The summed E-state index contributed by atoms with van der Waals surface area (Å²) < 4.78 is 18.9. The van der Waals surface area contributed by atoms with Crippen LogP contribution in [0.15, 0.2) is 118 Å². The number of carbonyl (C=O) groups excluding carboxylic acids is 1. The number of ether oxygens (including phenoxy) is 3. The third-order valence-electron chi connectivity index (χ3n) is 7.51. The van der Waals surface area contributed by atoms with Crippen LogP contribution in [0.2, 0.25) is 0 Å². The summed E-state index contributed by atoms with van der Waals surface area (Å²) >= 11 is 1.24. The lowest BCUT2D eigenvalue weighted by Crippen LogP contribution is -2.40. The van der Waals surface area contributed by atoms with Crippen molar-refractivity contribution < 1.29 is 23.9 Å². The van der Waals surface area contributed by atoms with Crippen molar-refractivity contribution in [1.82, 2.24) is 4.57 Å². The monoisotopic (exact) mass is 647 g/mol. The zero-order valence-electron chi connectivity index (χ0n) is 25.5. The molecule has 6 rings (SSSR count). The van der Waals surface area contributed by atoms with Crippen molar-refractivity contribution in [2.75, 3.05) is 13.7 Å². The second-order valence-electron chi connectivity index (χ2n) is 10.5. The van der Waals surface area contributed by atoms with E-state index in [-0.39, 0.29) is 30.0 Å². The Kier molecular flexibility index (Phi) is 9.07. The number of non-ortho nitro benzene ring substituents is 1. The number of hydrogen-bond donors (Lipinski definition) is 0. The molecule has 0 saturated carbocycles. The highest BCUT2D eigenvalue weighted by atomic mass is 32.1. The topological polar surface area (TPSA) is 122 Å². The summed E-state index contributed by atoms with van der Waals surface area (Å²) in [4.78, 5) is 43.5. The molecule has 0 aliphatic carbocycles. The van der Waals surface area contributed by atoms with Crippen LogP contribution in [0.1, 0.15) is 35.2 Å². The summed E-state index contributed by atoms with van der Waals surface area (Å²) in [6.45, 7) is 2.14. The van der Waals surface area contributed by atoms with Crippen LogP contribution in [0.3, 0.4) is 0 Å². The molecule has 0 fully saturated rings. The van der Waals surface area contributed by atoms with E-state index in [1.54, 1.807) is 55.0 Å². The standard InChI is InChI=1S/C36H29N3O7S/c1-3-45-35(41)31-32(25-8-5-4-6-9-25)37-36-38(33(31)26-10-7-11-29(21-26)44-2)34(40)30(47-36)20-23-14-18-28(19-15-23)46-22-24-12-16-27(17-13-24)39(42)43/h4-21,33H,3,22H2,1-2H3/b30-20-/t33-/m0/s1. The molecule has 0 spiro atoms. The van der Waals surface area contributed by atoms with Crippen molar-refractivity contribution in [2.24, 2.45) is 4.99 Å². The second-order valence-corrected chi connectivity index (χ2v) is 11.5. The minimum Gasteiger partial charge on any atom is -0.497 e. The molecule has 0 bridgehead atoms. The fourth-order valence-corrected chi connectivity index (χ4v) is 6.26. The first-order valence-corrected chi connectivity index (χ1v) is 15.6. The summed E-state index contributed by atoms with van der Waals surface area (Å²) in [5, 5.41) is 10.9. The second kappa shape index (κ2) is 13.7. The number of carbonyl (C=O) groups is 1. The highest BCUT2D eigenvalue weighted by Gasteiger charge is 2.35. The Hall–Kier alpha value is -5.81. The Morgan fingerprint density at radius 3 is 2.40 bits per heavy atom. The van der Waals surface area contributed by atoms with E-state index in [9.17, 15) is 19.7 Å². The smallest absolute Gasteiger partial charge is 0.338 e. The van der Waals surface area contributed by atoms with Crippen LogP contribution in [0.4, 0.5) is 5.69 Å². The molecule has 0 radical (unpaired) electrons. The fourth-order valence-electron chi connectivity index (χ4n) is 5.26. The van der Waals surface area contributed by atoms with Gasteiger partial charge < -0.3 is 14.2 Å². The van der Waals surface area contributed by atoms with E-state index in [0.29, 0.717) is 32.1 Å². The average molecular weight is 648 g/mol. The molecule has 0 amide bonds. The molecule has 0 N–H and O–H groups in total. The van der Waals surface area contributed by atoms with Crippen LogP contribution in [0, 0.1) is 10.1 Å². The maximum atomic E-state index is 14.1. The molecule has 236 valence electrons. The molecule has 0 saturated heterocycles. The van der Waals surface area contributed by atoms with Gasteiger partial charge in [-0.25, -0.2) is 9.79 Å². The van der Waals surface area contributed by atoms with Crippen molar-refractivity contribution in [3.63, 3.8) is 0 Å². The highest BCUT2D eigenvalue weighted by Crippen LogP contribution is 2.36. The van der Waals surface area contributed by atoms with E-state index < -0.39 is 16.9 Å². The Bertz CT molecular complexity index is 2150. The summed E-state index contributed by atoms with van der Waals surface area (Å²) in [6.07, 6.45) is 1.78. The van der Waals surface area contributed by atoms with Gasteiger partial charge in [0.05, 0.1) is 40.5 Å². The third-order valence-corrected chi connectivity index (χ3v) is 8.50. The van der Waals surface area contributed by atoms with Crippen molar-refractivity contribution in [1.29, 1.82) is 0 Å². The number of nitrogens with zero attached hydrogens (tertiary/aromatic N) is 3. The van der Waals surface area contributed by atoms with Gasteiger partial charge >= 0.3 is 5.97 Å². The molecular formula is C36H29N3O7S. The van der Waals surface area contributed by atoms with Gasteiger partial charge in [0.15, 0.2) is 4.80 Å². The number of benzene rings is 4. The molecule has 10 nitrogen and oxygen atoms in total. The quantitative estimate of drug-likeness (QED) is 0.113. The first-order valence-electron chi connectivity index (χ1n) is 14.7. The SMILES string of the molecule is CCOC(=O)C1=C(c2ccccc2)N=c2s/c(=C\c3ccc(OCc4ccc([N+](=O)[O-])cc4)cc3)c(=O)n2[C@H]1c1cccc(OC)c1. The van der Waals surface area contributed by atoms with Gasteiger partial charge in [0.25, 0.3) is 11.2 Å². The summed E-state index contributed by atoms with van der Waals surface area (Å²) in [6, 6.07) is 29.3. The molecule has 5 aromatic rings. The van der Waals surface area contributed by atoms with Crippen LogP contribution in [0.5, 0.6) is 11.5 Å². The number of hydrogen-bond acceptors (Lipinski definition) is 9. The number of nitro groups is 1. The lowest BCUT2D eigenvalue weighted by molar-refractivity contribution is -0.384. The number of methoxy groups -OCH3 is 1. The van der Waals surface area contributed by atoms with Gasteiger partial charge in [0.1, 0.15) is 18.1 Å². The first kappa shape index (κ1) is 31.2. The average Bonchev–Trinajstić information content (AvgIpc) is 3.41. The number of rotatable bonds is 10. The molecule has 2 heterocycles. The Morgan fingerprint density at radius 2 is 1.72 bits per heavy atom. The number of nitro benzene ring substituents is 1. The largest absolute Gasteiger partial charge is 0.497 e. The van der Waals surface area contributed by atoms with E-state index in [2.05, 4.69) is 0 Å². The van der Waals surface area contributed by atoms with Crippen molar-refractivity contribution in [3.8, 4) is 11.5 Å². The molecular weight excluding hydrogens is 618 g/mol. The van der Waals surface area contributed by atoms with Crippen LogP contribution in [0.25, 0.3) is 11.8 Å². The van der Waals surface area contributed by atoms with Crippen LogP contribution >= 0.6 is 11.3 Å². The van der Waals surface area contributed by atoms with Gasteiger partial charge in [-0.1, -0.05) is 65.9 Å². The summed E-state index contributed by atoms with van der Waals surface area (Å²) in [5.74, 6) is 0.634. The number of aromatic nitrogens is 1. The summed E-state index contributed by atoms with van der Waals surface area (Å²) in [5.41, 5.74) is 3.40. The van der Waals surface area contributed by atoms with Crippen LogP contribution < -0.4 is 24.4 Å². The minimum absolute atomic E-state index is 0.0200. The molecule has 1 aliphatic heterocycles. The van der Waals surface area contributed by atoms with Gasteiger partial charge in [-0.15, -0.1) is 0 Å². The number of esters is 1. The fraction of sp³-hybridized carbons (Fsp3) is 0.139. The first-order chi connectivity index (χ1) is 22.9. The maximum absolute atomic E-state index is 14.1. The molecule has 4 aromatic carbocycles. The normalized spacial score (nSPS) is 14.3. The van der Waals surface area contributed by atoms with Gasteiger partial charge in [-0.2, -0.15) is 0 Å². The van der Waals surface area contributed by atoms with Gasteiger partial charge in [0.2, 0.25) is 0 Å². The van der Waals surface area contributed by atoms with E-state index in [0.717, 1.165) is 16.7 Å². The predicted molar refractivity (Wildman–Crippen MR) is 178 cm³/mol. The highest BCUT2D eigenvalue weighted by molar-refractivity contribution is 7.07. The van der Waals surface area contributed by atoms with Gasteiger partial charge in [0, 0.05) is 17.7 Å². The van der Waals surface area contributed by atoms with Crippen LogP contribution in [-0.2, 0) is 16.1 Å². The molecule has 1 aliphatic rings. The Morgan fingerprint density at radius 1 is 0.979 bits per heavy atom. The zero-order valence-corrected chi connectivity index (χ0v) is 26.3. The Labute approximate surface area is 273 Å². The van der Waals surface area contributed by atoms with E-state index in [1.807, 2.05) is 60.7 Å². The lowest BCUT2D eigenvalue weighted by Gasteiger charge is -2.26. The van der Waals surface area contributed by atoms with E-state index >= 15 is 0 Å². The molecule has 47 heavy (non-hydrogen) atoms. The Balaban J connectivity index is 1.40. The third kappa shape index (κ3) is 6.61. The molecule has 0 unspecified atom stereocenters. The predicted octanol–water partition coefficient (Wildman–Crippen LogP) is 5.43. The van der Waals surface area contributed by atoms with Crippen molar-refractivity contribution in [2.45, 2.75) is 19.6 Å². The molecule has 1 atom stereocenters. The number of thiazole rings is 1. The maximum Gasteiger partial charge on any atom is 0.338 e. The zero-order chi connectivity index (χ0) is 32.9. The minimum atomic E-state index is -0.812. The van der Waals surface area contributed by atoms with Gasteiger partial charge in [-0.3, -0.25) is 19.5 Å². The molecule has 1 aromatic heterocycles. The summed E-state index contributed by atoms with van der Waals surface area (Å²) in [7, 11) is 1.56.